The van der Waals surface area contributed by atoms with E-state index in [2.05, 4.69) is 9.44 Å². The fraction of sp³-hybridized carbons (Fsp3) is 0.200. The van der Waals surface area contributed by atoms with Crippen LogP contribution in [0.15, 0.2) is 58.3 Å². The van der Waals surface area contributed by atoms with Crippen molar-refractivity contribution in [1.82, 2.24) is 4.72 Å². The molecule has 0 spiro atoms. The molecule has 1 saturated carbocycles. The summed E-state index contributed by atoms with van der Waals surface area (Å²) in [6.07, 6.45) is 1.66. The maximum Gasteiger partial charge on any atom is 0.261 e. The van der Waals surface area contributed by atoms with Crippen LogP contribution in [0, 0.1) is 5.82 Å². The van der Waals surface area contributed by atoms with E-state index in [0.29, 0.717) is 0 Å². The van der Waals surface area contributed by atoms with E-state index in [9.17, 15) is 21.2 Å². The Morgan fingerprint density at radius 2 is 1.29 bits per heavy atom. The maximum absolute atomic E-state index is 12.9. The van der Waals surface area contributed by atoms with Gasteiger partial charge >= 0.3 is 0 Å². The zero-order valence-corrected chi connectivity index (χ0v) is 14.1. The van der Waals surface area contributed by atoms with Crippen LogP contribution in [0.2, 0.25) is 0 Å². The quantitative estimate of drug-likeness (QED) is 0.814. The summed E-state index contributed by atoms with van der Waals surface area (Å²) in [7, 11) is -7.45. The number of hydrogen-bond acceptors (Lipinski definition) is 4. The minimum Gasteiger partial charge on any atom is -0.280 e. The molecule has 128 valence electrons. The topological polar surface area (TPSA) is 92.3 Å². The normalized spacial score (nSPS) is 15.2. The van der Waals surface area contributed by atoms with Gasteiger partial charge in [-0.25, -0.2) is 25.9 Å². The van der Waals surface area contributed by atoms with E-state index in [1.165, 1.54) is 24.3 Å². The molecule has 0 bridgehead atoms. The van der Waals surface area contributed by atoms with Crippen molar-refractivity contribution in [2.45, 2.75) is 28.7 Å². The lowest BCUT2D eigenvalue weighted by Crippen LogP contribution is -2.25. The molecule has 0 amide bonds. The molecule has 9 heteroatoms. The molecular weight excluding hydrogens is 355 g/mol. The zero-order chi connectivity index (χ0) is 17.4. The van der Waals surface area contributed by atoms with Crippen molar-refractivity contribution in [3.63, 3.8) is 0 Å². The van der Waals surface area contributed by atoms with Crippen LogP contribution in [0.5, 0.6) is 0 Å². The van der Waals surface area contributed by atoms with E-state index in [-0.39, 0.29) is 21.5 Å². The molecule has 2 N–H and O–H groups in total. The second kappa shape index (κ2) is 6.15. The van der Waals surface area contributed by atoms with Crippen LogP contribution >= 0.6 is 0 Å². The van der Waals surface area contributed by atoms with Gasteiger partial charge in [0.15, 0.2) is 0 Å². The standard InChI is InChI=1S/C15H15FN2O4S2/c16-11-1-7-14(8-2-11)23(19,20)18-13-5-9-15(10-6-13)24(21,22)17-12-3-4-12/h1-2,5-10,12,17-18H,3-4H2. The largest absolute Gasteiger partial charge is 0.280 e. The summed E-state index contributed by atoms with van der Waals surface area (Å²) in [6, 6.07) is 9.77. The number of nitrogens with one attached hydrogen (secondary N) is 2. The van der Waals surface area contributed by atoms with Gasteiger partial charge in [0.2, 0.25) is 10.0 Å². The van der Waals surface area contributed by atoms with Crippen LogP contribution < -0.4 is 9.44 Å². The van der Waals surface area contributed by atoms with Crippen molar-refractivity contribution in [2.24, 2.45) is 0 Å². The third kappa shape index (κ3) is 3.92. The SMILES string of the molecule is O=S(=O)(Nc1ccc(S(=O)(=O)NC2CC2)cc1)c1ccc(F)cc1. The summed E-state index contributed by atoms with van der Waals surface area (Å²) in [5.74, 6) is -0.535. The zero-order valence-electron chi connectivity index (χ0n) is 12.4. The summed E-state index contributed by atoms with van der Waals surface area (Å²) in [6.45, 7) is 0. The van der Waals surface area contributed by atoms with Gasteiger partial charge in [-0.15, -0.1) is 0 Å². The third-order valence-electron chi connectivity index (χ3n) is 3.44. The second-order valence-electron chi connectivity index (χ2n) is 5.48. The fourth-order valence-electron chi connectivity index (χ4n) is 2.02. The Morgan fingerprint density at radius 1 is 0.792 bits per heavy atom. The first-order chi connectivity index (χ1) is 11.3. The van der Waals surface area contributed by atoms with Crippen LogP contribution in [-0.4, -0.2) is 22.9 Å². The first-order valence-electron chi connectivity index (χ1n) is 7.17. The van der Waals surface area contributed by atoms with Crippen molar-refractivity contribution < 1.29 is 21.2 Å². The Balaban J connectivity index is 1.77. The molecule has 0 saturated heterocycles. The minimum atomic E-state index is -3.87. The number of sulfonamides is 2. The number of hydrogen-bond donors (Lipinski definition) is 2. The lowest BCUT2D eigenvalue weighted by atomic mass is 10.3. The van der Waals surface area contributed by atoms with E-state index in [4.69, 9.17) is 0 Å². The molecule has 1 fully saturated rings. The highest BCUT2D eigenvalue weighted by atomic mass is 32.2. The minimum absolute atomic E-state index is 0.00773. The molecule has 2 aromatic rings. The molecule has 6 nitrogen and oxygen atoms in total. The number of anilines is 1. The van der Waals surface area contributed by atoms with Gasteiger partial charge in [-0.1, -0.05) is 0 Å². The monoisotopic (exact) mass is 370 g/mol. The molecule has 1 aliphatic carbocycles. The van der Waals surface area contributed by atoms with Crippen molar-refractivity contribution in [3.8, 4) is 0 Å². The highest BCUT2D eigenvalue weighted by Gasteiger charge is 2.27. The van der Waals surface area contributed by atoms with Gasteiger partial charge in [0.05, 0.1) is 9.79 Å². The van der Waals surface area contributed by atoms with Crippen LogP contribution in [0.4, 0.5) is 10.1 Å². The molecule has 0 radical (unpaired) electrons. The van der Waals surface area contributed by atoms with Gasteiger partial charge in [0.25, 0.3) is 10.0 Å². The summed E-state index contributed by atoms with van der Waals surface area (Å²) in [5.41, 5.74) is 0.213. The second-order valence-corrected chi connectivity index (χ2v) is 8.88. The van der Waals surface area contributed by atoms with Gasteiger partial charge in [-0.2, -0.15) is 0 Å². The lowest BCUT2D eigenvalue weighted by Gasteiger charge is -2.09. The van der Waals surface area contributed by atoms with Gasteiger partial charge < -0.3 is 0 Å². The van der Waals surface area contributed by atoms with Crippen molar-refractivity contribution in [2.75, 3.05) is 4.72 Å². The van der Waals surface area contributed by atoms with E-state index in [1.54, 1.807) is 0 Å². The number of rotatable bonds is 6. The average molecular weight is 370 g/mol. The summed E-state index contributed by atoms with van der Waals surface area (Å²) >= 11 is 0. The molecule has 0 heterocycles. The molecule has 2 aromatic carbocycles. The lowest BCUT2D eigenvalue weighted by molar-refractivity contribution is 0.581. The predicted molar refractivity (Wildman–Crippen MR) is 87.0 cm³/mol. The van der Waals surface area contributed by atoms with Gasteiger partial charge in [-0.05, 0) is 61.4 Å². The third-order valence-corrected chi connectivity index (χ3v) is 6.37. The van der Waals surface area contributed by atoms with Crippen LogP contribution in [0.3, 0.4) is 0 Å². The molecular formula is C15H15FN2O4S2. The van der Waals surface area contributed by atoms with Crippen molar-refractivity contribution in [3.05, 3.63) is 54.3 Å². The van der Waals surface area contributed by atoms with E-state index < -0.39 is 25.9 Å². The molecule has 24 heavy (non-hydrogen) atoms. The van der Waals surface area contributed by atoms with E-state index >= 15 is 0 Å². The van der Waals surface area contributed by atoms with Crippen LogP contribution in [0.1, 0.15) is 12.8 Å². The van der Waals surface area contributed by atoms with Crippen LogP contribution in [-0.2, 0) is 20.0 Å². The Morgan fingerprint density at radius 3 is 1.83 bits per heavy atom. The highest BCUT2D eigenvalue weighted by Crippen LogP contribution is 2.23. The summed E-state index contributed by atoms with van der Waals surface area (Å²) in [5, 5.41) is 0. The summed E-state index contributed by atoms with van der Waals surface area (Å²) in [4.78, 5) is -0.0184. The Bertz CT molecular complexity index is 936. The molecule has 0 aromatic heterocycles. The smallest absolute Gasteiger partial charge is 0.261 e. The predicted octanol–water partition coefficient (Wildman–Crippen LogP) is 2.07. The number of benzene rings is 2. The molecule has 0 unspecified atom stereocenters. The fourth-order valence-corrected chi connectivity index (χ4v) is 4.38. The van der Waals surface area contributed by atoms with Crippen molar-refractivity contribution >= 4 is 25.7 Å². The van der Waals surface area contributed by atoms with Crippen molar-refractivity contribution in [1.29, 1.82) is 0 Å². The average Bonchev–Trinajstić information content (AvgIpc) is 3.31. The molecule has 3 rings (SSSR count). The molecule has 1 aliphatic rings. The van der Waals surface area contributed by atoms with Gasteiger partial charge in [0.1, 0.15) is 5.82 Å². The Hall–Kier alpha value is -1.97. The van der Waals surface area contributed by atoms with Gasteiger partial charge in [-0.3, -0.25) is 4.72 Å². The molecule has 0 aliphatic heterocycles. The maximum atomic E-state index is 12.9. The molecule has 0 atom stereocenters. The van der Waals surface area contributed by atoms with E-state index in [0.717, 1.165) is 37.1 Å². The highest BCUT2D eigenvalue weighted by molar-refractivity contribution is 7.92. The summed E-state index contributed by atoms with van der Waals surface area (Å²) < 4.78 is 66.2. The van der Waals surface area contributed by atoms with E-state index in [1.807, 2.05) is 0 Å². The first-order valence-corrected chi connectivity index (χ1v) is 10.1. The Kier molecular flexibility index (Phi) is 4.33. The Labute approximate surface area is 139 Å². The van der Waals surface area contributed by atoms with Gasteiger partial charge in [0, 0.05) is 11.7 Å². The first kappa shape index (κ1) is 16.9. The van der Waals surface area contributed by atoms with Crippen LogP contribution in [0.25, 0.3) is 0 Å². The number of halogens is 1.